The fourth-order valence-corrected chi connectivity index (χ4v) is 7.36. The molecule has 3 aliphatic rings. The third-order valence-electron chi connectivity index (χ3n) is 9.39. The molecule has 5 unspecified atom stereocenters. The molecule has 4 nitrogen and oxygen atoms in total. The number of ether oxygens (including phenoxy) is 1. The summed E-state index contributed by atoms with van der Waals surface area (Å²) in [6.45, 7) is 6.95. The topological polar surface area (TPSA) is 45.6 Å². The van der Waals surface area contributed by atoms with Gasteiger partial charge >= 0.3 is 0 Å². The Kier molecular flexibility index (Phi) is 5.55. The summed E-state index contributed by atoms with van der Waals surface area (Å²) >= 11 is 0. The average Bonchev–Trinajstić information content (AvgIpc) is 2.96. The summed E-state index contributed by atoms with van der Waals surface area (Å²) in [5, 5.41) is 16.2. The normalized spacial score (nSPS) is 25.7. The maximum absolute atomic E-state index is 10.5. The van der Waals surface area contributed by atoms with E-state index in [1.807, 2.05) is 18.3 Å². The van der Waals surface area contributed by atoms with Crippen LogP contribution >= 0.6 is 0 Å². The highest BCUT2D eigenvalue weighted by molar-refractivity contribution is 6.10. The van der Waals surface area contributed by atoms with Crippen molar-refractivity contribution in [2.24, 2.45) is 11.8 Å². The number of aromatic nitrogens is 1. The van der Waals surface area contributed by atoms with Gasteiger partial charge in [0.15, 0.2) is 0 Å². The molecule has 2 bridgehead atoms. The minimum absolute atomic E-state index is 0.179. The number of pyridine rings is 1. The minimum Gasteiger partial charge on any atom is -0.508 e. The molecule has 3 saturated heterocycles. The van der Waals surface area contributed by atoms with Crippen molar-refractivity contribution in [3.05, 3.63) is 90.6 Å². The van der Waals surface area contributed by atoms with E-state index >= 15 is 0 Å². The van der Waals surface area contributed by atoms with Crippen LogP contribution in [0.15, 0.2) is 85.1 Å². The molecule has 5 aromatic rings. The average molecular weight is 503 g/mol. The summed E-state index contributed by atoms with van der Waals surface area (Å²) in [5.41, 5.74) is 1.79. The Hall–Kier alpha value is -3.63. The number of phenolic OH excluding ortho intramolecular Hbond substituents is 1. The second kappa shape index (κ2) is 8.99. The predicted octanol–water partition coefficient (Wildman–Crippen LogP) is 7.88. The Morgan fingerprint density at radius 3 is 2.55 bits per heavy atom. The van der Waals surface area contributed by atoms with E-state index in [9.17, 15) is 5.11 Å². The fourth-order valence-electron chi connectivity index (χ4n) is 7.36. The molecule has 3 fully saturated rings. The first-order valence-electron chi connectivity index (χ1n) is 13.9. The van der Waals surface area contributed by atoms with Crippen LogP contribution in [0, 0.1) is 11.8 Å². The quantitative estimate of drug-likeness (QED) is 0.248. The van der Waals surface area contributed by atoms with Crippen molar-refractivity contribution in [2.45, 2.75) is 44.8 Å². The van der Waals surface area contributed by atoms with Crippen LogP contribution in [0.2, 0.25) is 0 Å². The zero-order valence-electron chi connectivity index (χ0n) is 22.1. The monoisotopic (exact) mass is 502 g/mol. The van der Waals surface area contributed by atoms with Gasteiger partial charge in [0.05, 0.1) is 11.1 Å². The van der Waals surface area contributed by atoms with Crippen molar-refractivity contribution in [1.29, 1.82) is 0 Å². The zero-order chi connectivity index (χ0) is 25.9. The predicted molar refractivity (Wildman–Crippen MR) is 155 cm³/mol. The van der Waals surface area contributed by atoms with Gasteiger partial charge in [-0.05, 0) is 84.6 Å². The summed E-state index contributed by atoms with van der Waals surface area (Å²) in [7, 11) is 0. The standard InChI is InChI=1S/C34H34N2O2/c1-3-22-21-36-17-15-24(22)20-34(36,2)33(29-14-16-35-31-13-12-25(37)19-30(29)31)38-32-18-23-8-4-5-9-26(23)27-10-6-7-11-28(27)32/h4-14,16,18-19,22,24,33,37H,3,15,17,20-21H2,1-2H3. The third-order valence-corrected chi connectivity index (χ3v) is 9.39. The Labute approximate surface area is 223 Å². The zero-order valence-corrected chi connectivity index (χ0v) is 22.1. The fraction of sp³-hybridized carbons (Fsp3) is 0.324. The minimum atomic E-state index is -0.222. The lowest BCUT2D eigenvalue weighted by Gasteiger charge is -2.58. The number of hydrogen-bond donors (Lipinski definition) is 1. The first kappa shape index (κ1) is 23.5. The van der Waals surface area contributed by atoms with Crippen LogP contribution in [0.5, 0.6) is 11.5 Å². The Morgan fingerprint density at radius 2 is 1.76 bits per heavy atom. The van der Waals surface area contributed by atoms with Crippen LogP contribution in [-0.4, -0.2) is 33.6 Å². The maximum atomic E-state index is 10.5. The molecule has 0 spiro atoms. The van der Waals surface area contributed by atoms with Crippen molar-refractivity contribution >= 4 is 32.4 Å². The van der Waals surface area contributed by atoms with Gasteiger partial charge in [0, 0.05) is 29.1 Å². The Balaban J connectivity index is 1.44. The molecule has 4 heterocycles. The molecule has 38 heavy (non-hydrogen) atoms. The van der Waals surface area contributed by atoms with E-state index in [0.717, 1.165) is 53.0 Å². The smallest absolute Gasteiger partial charge is 0.142 e. The molecule has 0 aliphatic carbocycles. The van der Waals surface area contributed by atoms with E-state index in [1.54, 1.807) is 6.07 Å². The van der Waals surface area contributed by atoms with Gasteiger partial charge in [-0.25, -0.2) is 0 Å². The number of piperidine rings is 3. The van der Waals surface area contributed by atoms with E-state index in [2.05, 4.69) is 84.4 Å². The lowest BCUT2D eigenvalue weighted by molar-refractivity contribution is -0.108. The molecule has 1 N–H and O–H groups in total. The Bertz CT molecular complexity index is 1660. The van der Waals surface area contributed by atoms with Crippen molar-refractivity contribution in [1.82, 2.24) is 9.88 Å². The molecular weight excluding hydrogens is 468 g/mol. The highest BCUT2D eigenvalue weighted by atomic mass is 16.5. The van der Waals surface area contributed by atoms with Crippen molar-refractivity contribution < 1.29 is 9.84 Å². The van der Waals surface area contributed by atoms with Gasteiger partial charge in [-0.1, -0.05) is 61.9 Å². The number of aromatic hydroxyl groups is 1. The number of phenols is 1. The van der Waals surface area contributed by atoms with E-state index in [1.165, 1.54) is 29.0 Å². The largest absolute Gasteiger partial charge is 0.508 e. The first-order chi connectivity index (χ1) is 18.5. The van der Waals surface area contributed by atoms with Gasteiger partial charge in [0.1, 0.15) is 17.6 Å². The molecule has 0 radical (unpaired) electrons. The number of hydrogen-bond acceptors (Lipinski definition) is 4. The molecule has 192 valence electrons. The second-order valence-electron chi connectivity index (χ2n) is 11.5. The maximum Gasteiger partial charge on any atom is 0.142 e. The van der Waals surface area contributed by atoms with Crippen molar-refractivity contribution in [3.63, 3.8) is 0 Å². The van der Waals surface area contributed by atoms with Crippen LogP contribution in [0.4, 0.5) is 0 Å². The molecule has 0 saturated carbocycles. The van der Waals surface area contributed by atoms with E-state index in [0.29, 0.717) is 5.92 Å². The van der Waals surface area contributed by atoms with Gasteiger partial charge in [-0.15, -0.1) is 0 Å². The second-order valence-corrected chi connectivity index (χ2v) is 11.5. The molecular formula is C34H34N2O2. The number of nitrogens with zero attached hydrogens (tertiary/aromatic N) is 2. The summed E-state index contributed by atoms with van der Waals surface area (Å²) in [5.74, 6) is 2.61. The lowest BCUT2D eigenvalue weighted by Crippen LogP contribution is -2.63. The van der Waals surface area contributed by atoms with Crippen LogP contribution < -0.4 is 4.74 Å². The summed E-state index contributed by atoms with van der Waals surface area (Å²) in [4.78, 5) is 7.31. The molecule has 4 heteroatoms. The van der Waals surface area contributed by atoms with Gasteiger partial charge in [0.25, 0.3) is 0 Å². The first-order valence-corrected chi connectivity index (χ1v) is 13.9. The number of rotatable bonds is 5. The van der Waals surface area contributed by atoms with Crippen molar-refractivity contribution in [3.8, 4) is 11.5 Å². The molecule has 3 aliphatic heterocycles. The van der Waals surface area contributed by atoms with Gasteiger partial charge in [-0.2, -0.15) is 0 Å². The van der Waals surface area contributed by atoms with E-state index in [4.69, 9.17) is 4.74 Å². The highest BCUT2D eigenvalue weighted by Crippen LogP contribution is 2.51. The third kappa shape index (κ3) is 3.65. The van der Waals surface area contributed by atoms with Crippen LogP contribution in [0.1, 0.15) is 44.8 Å². The highest BCUT2D eigenvalue weighted by Gasteiger charge is 2.52. The van der Waals surface area contributed by atoms with Gasteiger partial charge < -0.3 is 9.84 Å². The van der Waals surface area contributed by atoms with E-state index < -0.39 is 0 Å². The van der Waals surface area contributed by atoms with E-state index in [-0.39, 0.29) is 17.4 Å². The molecule has 0 amide bonds. The molecule has 4 aromatic carbocycles. The van der Waals surface area contributed by atoms with Crippen LogP contribution in [-0.2, 0) is 0 Å². The van der Waals surface area contributed by atoms with Crippen LogP contribution in [0.3, 0.4) is 0 Å². The van der Waals surface area contributed by atoms with Crippen LogP contribution in [0.25, 0.3) is 32.4 Å². The molecule has 8 rings (SSSR count). The molecule has 5 atom stereocenters. The SMILES string of the molecule is CCC1CN2CCC1CC2(C)C(Oc1cc2ccccc2c2ccccc12)c1ccnc2ccc(O)cc12. The van der Waals surface area contributed by atoms with Crippen molar-refractivity contribution in [2.75, 3.05) is 13.1 Å². The summed E-state index contributed by atoms with van der Waals surface area (Å²) in [6.07, 6.45) is 5.25. The van der Waals surface area contributed by atoms with Gasteiger partial charge in [-0.3, -0.25) is 9.88 Å². The lowest BCUT2D eigenvalue weighted by atomic mass is 9.66. The van der Waals surface area contributed by atoms with Gasteiger partial charge in [0.2, 0.25) is 0 Å². The number of benzene rings is 4. The molecule has 1 aromatic heterocycles. The summed E-state index contributed by atoms with van der Waals surface area (Å²) in [6, 6.07) is 26.9. The Morgan fingerprint density at radius 1 is 0.974 bits per heavy atom. The summed E-state index contributed by atoms with van der Waals surface area (Å²) < 4.78 is 7.28. The number of fused-ring (bicyclic) bond motifs is 7.